The molecule has 0 radical (unpaired) electrons. The van der Waals surface area contributed by atoms with Gasteiger partial charge in [-0.1, -0.05) is 0 Å². The number of rotatable bonds is 24. The molecule has 0 bridgehead atoms. The van der Waals surface area contributed by atoms with Gasteiger partial charge in [0.2, 0.25) is 0 Å². The first kappa shape index (κ1) is 49.4. The molecule has 62 heavy (non-hydrogen) atoms. The van der Waals surface area contributed by atoms with Gasteiger partial charge in [0.05, 0.1) is 0 Å². The summed E-state index contributed by atoms with van der Waals surface area (Å²) in [5.41, 5.74) is 53.2. The van der Waals surface area contributed by atoms with Crippen LogP contribution < -0.4 is 4.65 Å². The van der Waals surface area contributed by atoms with Crippen LogP contribution in [-0.4, -0.2) is 68.9 Å². The first-order valence-corrected chi connectivity index (χ1v) is 22.7. The van der Waals surface area contributed by atoms with E-state index in [0.717, 1.165) is 0 Å². The first-order chi connectivity index (χ1) is 29.3. The Morgan fingerprint density at radius 2 is 0.806 bits per heavy atom. The standard InChI is InChI=1S/C30H29BF6N18O5P2/c32-29(33,34)24-11-25(30(35,36)37)13-26(12-24)58-31(59-61(16-44-50-38,17-45-51-39,18-46-52-40)14-27(56)22-7-3-1-4-8-22)60-62(19-47-53-41,20-48-54-42,21-49-55-43)15-28(57)23-9-5-2-6-10-23/h1-13H,14-21H2. The average Bonchev–Trinajstić information content (AvgIpc) is 3.25. The summed E-state index contributed by atoms with van der Waals surface area (Å²) in [6.45, 7) is -11.0. The Morgan fingerprint density at radius 1 is 0.516 bits per heavy atom. The van der Waals surface area contributed by atoms with Crippen molar-refractivity contribution in [2.45, 2.75) is 12.4 Å². The van der Waals surface area contributed by atoms with Gasteiger partial charge in [0, 0.05) is 0 Å². The van der Waals surface area contributed by atoms with Crippen LogP contribution in [0, 0.1) is 0 Å². The van der Waals surface area contributed by atoms with E-state index in [-0.39, 0.29) is 29.3 Å². The molecule has 3 aromatic rings. The summed E-state index contributed by atoms with van der Waals surface area (Å²) < 4.78 is 103. The summed E-state index contributed by atoms with van der Waals surface area (Å²) in [7, 11) is -2.92. The van der Waals surface area contributed by atoms with Crippen LogP contribution in [0.4, 0.5) is 26.3 Å². The van der Waals surface area contributed by atoms with E-state index in [1.54, 1.807) is 0 Å². The maximum atomic E-state index is 14.2. The van der Waals surface area contributed by atoms with Crippen LogP contribution in [0.1, 0.15) is 31.8 Å². The molecule has 0 amide bonds. The molecular formula is C30H29BF6N18O5P2. The van der Waals surface area contributed by atoms with Crippen molar-refractivity contribution >= 4 is 32.5 Å². The molecule has 0 aromatic heterocycles. The minimum atomic E-state index is -5.51. The third-order valence-corrected chi connectivity index (χ3v) is 17.5. The number of alkyl halides is 6. The summed E-state index contributed by atoms with van der Waals surface area (Å²) >= 11 is 0. The Hall–Kier alpha value is -6.92. The van der Waals surface area contributed by atoms with Crippen molar-refractivity contribution in [2.75, 3.05) is 50.0 Å². The minimum absolute atomic E-state index is 0.0751. The average molecular weight is 908 g/mol. The Bertz CT molecular complexity index is 2170. The molecule has 0 heterocycles. The van der Waals surface area contributed by atoms with Crippen LogP contribution in [0.5, 0.6) is 5.75 Å². The predicted octanol–water partition coefficient (Wildman–Crippen LogP) is 12.4. The third kappa shape index (κ3) is 13.0. The van der Waals surface area contributed by atoms with Crippen molar-refractivity contribution in [2.24, 2.45) is 30.7 Å². The van der Waals surface area contributed by atoms with Crippen LogP contribution in [0.3, 0.4) is 0 Å². The molecule has 0 N–H and O–H groups in total. The Kier molecular flexibility index (Phi) is 16.8. The van der Waals surface area contributed by atoms with Gasteiger partial charge in [0.1, 0.15) is 0 Å². The molecule has 3 aromatic carbocycles. The van der Waals surface area contributed by atoms with Crippen molar-refractivity contribution in [3.63, 3.8) is 0 Å². The monoisotopic (exact) mass is 908 g/mol. The van der Waals surface area contributed by atoms with Gasteiger partial charge in [-0.05, 0) is 0 Å². The normalized spacial score (nSPS) is 12.5. The molecule has 0 aliphatic heterocycles. The zero-order chi connectivity index (χ0) is 46.0. The number of ketones is 2. The van der Waals surface area contributed by atoms with Crippen molar-refractivity contribution in [3.8, 4) is 5.75 Å². The van der Waals surface area contributed by atoms with Gasteiger partial charge in [-0.25, -0.2) is 0 Å². The molecular weight excluding hydrogens is 879 g/mol. The first-order valence-electron chi connectivity index (χ1n) is 16.9. The van der Waals surface area contributed by atoms with E-state index in [4.69, 9.17) is 13.5 Å². The molecule has 0 spiro atoms. The van der Waals surface area contributed by atoms with Crippen molar-refractivity contribution in [1.29, 1.82) is 0 Å². The Morgan fingerprint density at radius 3 is 1.06 bits per heavy atom. The van der Waals surface area contributed by atoms with E-state index in [1.165, 1.54) is 60.7 Å². The fraction of sp³-hybridized carbons (Fsp3) is 0.333. The molecule has 23 nitrogen and oxygen atoms in total. The van der Waals surface area contributed by atoms with Crippen LogP contribution in [0.2, 0.25) is 0 Å². The number of halogens is 6. The van der Waals surface area contributed by atoms with E-state index in [0.29, 0.717) is 0 Å². The number of benzene rings is 3. The van der Waals surface area contributed by atoms with Crippen LogP contribution in [-0.2, 0) is 21.2 Å². The van der Waals surface area contributed by atoms with Gasteiger partial charge < -0.3 is 0 Å². The SMILES string of the molecule is [N-]=[N+]=NCP(CN=[N+]=[N-])(CN=[N+]=[N-])(CC(=O)c1ccccc1)OB(Oc1cc(C(F)(F)F)cc(C(F)(F)F)c1)OP(CN=[N+]=[N-])(CN=[N+]=[N-])(CN=[N+]=[N-])CC(=O)c1ccccc1. The molecule has 0 unspecified atom stereocenters. The summed E-state index contributed by atoms with van der Waals surface area (Å²) in [5.74, 6) is -3.13. The maximum absolute atomic E-state index is 14.2. The quantitative estimate of drug-likeness (QED) is 0.0160. The molecule has 0 fully saturated rings. The number of Topliss-reactive ketones (excluding diaryl/α,β-unsaturated/α-hetero) is 2. The molecule has 0 aliphatic carbocycles. The second-order valence-electron chi connectivity index (χ2n) is 13.2. The van der Waals surface area contributed by atoms with Gasteiger partial charge in [0.25, 0.3) is 0 Å². The zero-order valence-corrected chi connectivity index (χ0v) is 33.3. The molecule has 0 saturated carbocycles. The van der Waals surface area contributed by atoms with Crippen LogP contribution >= 0.6 is 13.7 Å². The Balaban J connectivity index is 2.63. The number of hydrogen-bond acceptors (Lipinski definition) is 11. The second kappa shape index (κ2) is 21.1. The molecule has 3 rings (SSSR count). The molecule has 0 saturated heterocycles. The fourth-order valence-electron chi connectivity index (χ4n) is 5.78. The fourth-order valence-corrected chi connectivity index (χ4v) is 12.8. The van der Waals surface area contributed by atoms with Gasteiger partial charge in [-0.3, -0.25) is 0 Å². The van der Waals surface area contributed by atoms with Crippen LogP contribution in [0.25, 0.3) is 62.7 Å². The molecule has 32 heteroatoms. The summed E-state index contributed by atoms with van der Waals surface area (Å²) in [6, 6.07) is 13.8. The van der Waals surface area contributed by atoms with Gasteiger partial charge in [0.15, 0.2) is 0 Å². The van der Waals surface area contributed by atoms with Crippen molar-refractivity contribution < 1.29 is 49.5 Å². The van der Waals surface area contributed by atoms with Crippen LogP contribution in [0.15, 0.2) is 110 Å². The van der Waals surface area contributed by atoms with Crippen molar-refractivity contribution in [3.05, 3.63) is 164 Å². The van der Waals surface area contributed by atoms with E-state index in [2.05, 4.69) is 60.2 Å². The molecule has 0 atom stereocenters. The zero-order valence-electron chi connectivity index (χ0n) is 31.5. The summed E-state index contributed by atoms with van der Waals surface area (Å²) in [5, 5.41) is 21.1. The third-order valence-electron chi connectivity index (χ3n) is 8.75. The predicted molar refractivity (Wildman–Crippen MR) is 214 cm³/mol. The topological polar surface area (TPSA) is 354 Å². The summed E-state index contributed by atoms with van der Waals surface area (Å²) in [6.07, 6.45) is -19.5. The van der Waals surface area contributed by atoms with Gasteiger partial charge in [-0.15, -0.1) is 0 Å². The number of nitrogens with zero attached hydrogens (tertiary/aromatic N) is 18. The molecule has 324 valence electrons. The van der Waals surface area contributed by atoms with E-state index >= 15 is 0 Å². The second-order valence-corrected chi connectivity index (χ2v) is 23.4. The van der Waals surface area contributed by atoms with Gasteiger partial charge >= 0.3 is 345 Å². The number of azide groups is 6. The van der Waals surface area contributed by atoms with E-state index < -0.39 is 112 Å². The molecule has 0 aliphatic rings. The van der Waals surface area contributed by atoms with E-state index in [9.17, 15) is 69.1 Å². The van der Waals surface area contributed by atoms with E-state index in [1.807, 2.05) is 0 Å². The number of carbonyl (C=O) groups is 2. The number of hydrogen-bond donors (Lipinski definition) is 0. The van der Waals surface area contributed by atoms with Gasteiger partial charge in [-0.2, -0.15) is 0 Å². The summed E-state index contributed by atoms with van der Waals surface area (Å²) in [4.78, 5) is 44.2. The van der Waals surface area contributed by atoms with Crippen molar-refractivity contribution in [1.82, 2.24) is 0 Å². The Labute approximate surface area is 344 Å². The number of carbonyl (C=O) groups excluding carboxylic acids is 2.